The first-order valence-corrected chi connectivity index (χ1v) is 7.63. The van der Waals surface area contributed by atoms with E-state index < -0.39 is 0 Å². The summed E-state index contributed by atoms with van der Waals surface area (Å²) in [5, 5.41) is 3.68. The quantitative estimate of drug-likeness (QED) is 0.799. The van der Waals surface area contributed by atoms with Crippen LogP contribution in [0.1, 0.15) is 33.6 Å². The molecule has 16 heavy (non-hydrogen) atoms. The standard InChI is InChI=1S/C13H26N2S/c1-11-4-5-14-12(8-11)9-15-6-7-16-13(2,3)10-15/h11-12,14H,4-10H2,1-3H3. The number of hydrogen-bond donors (Lipinski definition) is 1. The van der Waals surface area contributed by atoms with Crippen molar-refractivity contribution in [3.8, 4) is 0 Å². The highest BCUT2D eigenvalue weighted by Gasteiger charge is 2.29. The molecular weight excluding hydrogens is 216 g/mol. The highest BCUT2D eigenvalue weighted by Crippen LogP contribution is 2.29. The van der Waals surface area contributed by atoms with E-state index in [9.17, 15) is 0 Å². The Morgan fingerprint density at radius 3 is 2.94 bits per heavy atom. The third-order valence-corrected chi connectivity index (χ3v) is 5.04. The van der Waals surface area contributed by atoms with Gasteiger partial charge in [0.2, 0.25) is 0 Å². The third kappa shape index (κ3) is 3.64. The molecule has 2 nitrogen and oxygen atoms in total. The van der Waals surface area contributed by atoms with Crippen LogP contribution in [0.5, 0.6) is 0 Å². The summed E-state index contributed by atoms with van der Waals surface area (Å²) in [6.07, 6.45) is 2.72. The van der Waals surface area contributed by atoms with Crippen LogP contribution in [-0.4, -0.2) is 47.6 Å². The minimum Gasteiger partial charge on any atom is -0.313 e. The fourth-order valence-electron chi connectivity index (χ4n) is 2.94. The van der Waals surface area contributed by atoms with Crippen molar-refractivity contribution >= 4 is 11.8 Å². The monoisotopic (exact) mass is 242 g/mol. The largest absolute Gasteiger partial charge is 0.313 e. The van der Waals surface area contributed by atoms with Gasteiger partial charge in [0.15, 0.2) is 0 Å². The first-order chi connectivity index (χ1) is 7.55. The summed E-state index contributed by atoms with van der Waals surface area (Å²) in [5.41, 5.74) is 0. The molecule has 0 aromatic rings. The molecule has 2 saturated heterocycles. The van der Waals surface area contributed by atoms with E-state index >= 15 is 0 Å². The lowest BCUT2D eigenvalue weighted by Crippen LogP contribution is -2.50. The number of rotatable bonds is 2. The van der Waals surface area contributed by atoms with Crippen LogP contribution in [0, 0.1) is 5.92 Å². The van der Waals surface area contributed by atoms with Crippen LogP contribution in [-0.2, 0) is 0 Å². The van der Waals surface area contributed by atoms with Crippen molar-refractivity contribution in [2.75, 3.05) is 31.9 Å². The highest BCUT2D eigenvalue weighted by atomic mass is 32.2. The first-order valence-electron chi connectivity index (χ1n) is 6.65. The lowest BCUT2D eigenvalue weighted by molar-refractivity contribution is 0.199. The number of thioether (sulfide) groups is 1. The van der Waals surface area contributed by atoms with Gasteiger partial charge in [-0.2, -0.15) is 11.8 Å². The molecule has 0 radical (unpaired) electrons. The lowest BCUT2D eigenvalue weighted by Gasteiger charge is -2.40. The summed E-state index contributed by atoms with van der Waals surface area (Å²) in [5.74, 6) is 2.22. The normalized spacial score (nSPS) is 36.2. The Kier molecular flexibility index (Phi) is 4.20. The maximum absolute atomic E-state index is 3.68. The lowest BCUT2D eigenvalue weighted by atomic mass is 9.94. The molecule has 2 atom stereocenters. The summed E-state index contributed by atoms with van der Waals surface area (Å²) in [6, 6.07) is 0.739. The van der Waals surface area contributed by atoms with Gasteiger partial charge in [-0.1, -0.05) is 6.92 Å². The second-order valence-electron chi connectivity index (χ2n) is 6.12. The summed E-state index contributed by atoms with van der Waals surface area (Å²) >= 11 is 2.12. The predicted octanol–water partition coefficient (Wildman–Crippen LogP) is 2.20. The van der Waals surface area contributed by atoms with Crippen molar-refractivity contribution in [3.05, 3.63) is 0 Å². The molecule has 0 bridgehead atoms. The van der Waals surface area contributed by atoms with Crippen LogP contribution < -0.4 is 5.32 Å². The van der Waals surface area contributed by atoms with Gasteiger partial charge in [0, 0.05) is 36.2 Å². The van der Waals surface area contributed by atoms with Crippen molar-refractivity contribution < 1.29 is 0 Å². The van der Waals surface area contributed by atoms with Crippen LogP contribution >= 0.6 is 11.8 Å². The van der Waals surface area contributed by atoms with Gasteiger partial charge in [-0.3, -0.25) is 4.90 Å². The Bertz CT molecular complexity index is 230. The van der Waals surface area contributed by atoms with Crippen LogP contribution in [0.3, 0.4) is 0 Å². The zero-order valence-corrected chi connectivity index (χ0v) is 11.8. The van der Waals surface area contributed by atoms with Gasteiger partial charge < -0.3 is 5.32 Å². The molecule has 0 spiro atoms. The maximum Gasteiger partial charge on any atom is 0.0231 e. The van der Waals surface area contributed by atoms with E-state index in [0.717, 1.165) is 12.0 Å². The van der Waals surface area contributed by atoms with Gasteiger partial charge in [-0.15, -0.1) is 0 Å². The topological polar surface area (TPSA) is 15.3 Å². The molecule has 2 rings (SSSR count). The summed E-state index contributed by atoms with van der Waals surface area (Å²) in [4.78, 5) is 2.66. The van der Waals surface area contributed by atoms with Gasteiger partial charge in [-0.25, -0.2) is 0 Å². The molecule has 2 fully saturated rings. The molecule has 0 saturated carbocycles. The molecule has 3 heteroatoms. The number of nitrogens with zero attached hydrogens (tertiary/aromatic N) is 1. The van der Waals surface area contributed by atoms with E-state index in [1.54, 1.807) is 0 Å². The minimum atomic E-state index is 0.457. The highest BCUT2D eigenvalue weighted by molar-refractivity contribution is 8.00. The van der Waals surface area contributed by atoms with Crippen LogP contribution in [0.15, 0.2) is 0 Å². The SMILES string of the molecule is CC1CCNC(CN2CCSC(C)(C)C2)C1. The zero-order chi connectivity index (χ0) is 11.6. The summed E-state index contributed by atoms with van der Waals surface area (Å²) < 4.78 is 0.457. The molecule has 94 valence electrons. The van der Waals surface area contributed by atoms with E-state index in [1.165, 1.54) is 44.8 Å². The van der Waals surface area contributed by atoms with Crippen LogP contribution in [0.25, 0.3) is 0 Å². The summed E-state index contributed by atoms with van der Waals surface area (Å²) in [7, 11) is 0. The fraction of sp³-hybridized carbons (Fsp3) is 1.00. The Balaban J connectivity index is 1.80. The van der Waals surface area contributed by atoms with E-state index in [0.29, 0.717) is 4.75 Å². The zero-order valence-electron chi connectivity index (χ0n) is 11.0. The van der Waals surface area contributed by atoms with Gasteiger partial charge in [0.1, 0.15) is 0 Å². The Labute approximate surface area is 105 Å². The minimum absolute atomic E-state index is 0.457. The Morgan fingerprint density at radius 2 is 2.25 bits per heavy atom. The molecule has 2 unspecified atom stereocenters. The molecule has 0 aromatic heterocycles. The van der Waals surface area contributed by atoms with Crippen LogP contribution in [0.2, 0.25) is 0 Å². The molecule has 0 aromatic carbocycles. The van der Waals surface area contributed by atoms with Crippen molar-refractivity contribution in [1.82, 2.24) is 10.2 Å². The fourth-order valence-corrected chi connectivity index (χ4v) is 4.12. The second-order valence-corrected chi connectivity index (χ2v) is 7.93. The Hall–Kier alpha value is 0.270. The van der Waals surface area contributed by atoms with E-state index in [-0.39, 0.29) is 0 Å². The Morgan fingerprint density at radius 1 is 1.44 bits per heavy atom. The predicted molar refractivity (Wildman–Crippen MR) is 73.2 cm³/mol. The second kappa shape index (κ2) is 5.28. The van der Waals surface area contributed by atoms with E-state index in [4.69, 9.17) is 0 Å². The maximum atomic E-state index is 3.68. The molecule has 2 aliphatic heterocycles. The number of nitrogens with one attached hydrogen (secondary N) is 1. The molecule has 2 heterocycles. The van der Waals surface area contributed by atoms with Gasteiger partial charge in [0.25, 0.3) is 0 Å². The van der Waals surface area contributed by atoms with Crippen molar-refractivity contribution in [3.63, 3.8) is 0 Å². The van der Waals surface area contributed by atoms with Crippen LogP contribution in [0.4, 0.5) is 0 Å². The van der Waals surface area contributed by atoms with E-state index in [2.05, 4.69) is 42.7 Å². The molecular formula is C13H26N2S. The van der Waals surface area contributed by atoms with Crippen molar-refractivity contribution in [2.45, 2.75) is 44.4 Å². The molecule has 0 aliphatic carbocycles. The van der Waals surface area contributed by atoms with Crippen molar-refractivity contribution in [2.24, 2.45) is 5.92 Å². The number of hydrogen-bond acceptors (Lipinski definition) is 3. The number of piperidine rings is 1. The smallest absolute Gasteiger partial charge is 0.0231 e. The van der Waals surface area contributed by atoms with Gasteiger partial charge in [-0.05, 0) is 39.2 Å². The molecule has 0 amide bonds. The first kappa shape index (κ1) is 12.7. The van der Waals surface area contributed by atoms with Gasteiger partial charge >= 0.3 is 0 Å². The summed E-state index contributed by atoms with van der Waals surface area (Å²) in [6.45, 7) is 12.2. The van der Waals surface area contributed by atoms with Gasteiger partial charge in [0.05, 0.1) is 0 Å². The molecule has 2 aliphatic rings. The van der Waals surface area contributed by atoms with E-state index in [1.807, 2.05) is 0 Å². The third-order valence-electron chi connectivity index (χ3n) is 3.74. The average Bonchev–Trinajstić information content (AvgIpc) is 2.15. The molecule has 1 N–H and O–H groups in total. The van der Waals surface area contributed by atoms with Crippen molar-refractivity contribution in [1.29, 1.82) is 0 Å². The average molecular weight is 242 g/mol.